The molecule has 1 aromatic heterocycles. The van der Waals surface area contributed by atoms with Crippen LogP contribution in [0.3, 0.4) is 0 Å². The molecule has 4 atom stereocenters. The number of Topliss-reactive ketones (excluding diaryl/α,β-unsaturated/α-hetero) is 1. The van der Waals surface area contributed by atoms with E-state index in [0.717, 1.165) is 5.56 Å². The summed E-state index contributed by atoms with van der Waals surface area (Å²) in [5, 5.41) is 11.5. The molecule has 2 heterocycles. The monoisotopic (exact) mass is 391 g/mol. The molecule has 1 aliphatic heterocycles. The van der Waals surface area contributed by atoms with Crippen LogP contribution in [0, 0.1) is 5.92 Å². The SMILES string of the molecule is CNC(C)C(=O)NC(C(=O)[C@@H](NC(=O)OC)C1Cc2cccnc2N1)C(C)C. The first-order chi connectivity index (χ1) is 13.3. The molecule has 0 saturated carbocycles. The van der Waals surface area contributed by atoms with Gasteiger partial charge in [0.2, 0.25) is 5.91 Å². The lowest BCUT2D eigenvalue weighted by molar-refractivity contribution is -0.130. The molecule has 1 aromatic rings. The van der Waals surface area contributed by atoms with Crippen LogP contribution in [0.25, 0.3) is 0 Å². The highest BCUT2D eigenvalue weighted by Gasteiger charge is 2.39. The zero-order valence-corrected chi connectivity index (χ0v) is 16.9. The standard InChI is InChI=1S/C19H29N5O4/c1-10(2)14(23-18(26)11(3)20-4)16(25)15(24-19(27)28-5)13-9-12-7-6-8-21-17(12)22-13/h6-8,10-11,13-15,20H,9H2,1-5H3,(H,21,22)(H,23,26)(H,24,27)/t11?,13?,14?,15-/m0/s1. The smallest absolute Gasteiger partial charge is 0.407 e. The van der Waals surface area contributed by atoms with E-state index in [-0.39, 0.29) is 17.6 Å². The van der Waals surface area contributed by atoms with Crippen LogP contribution in [-0.2, 0) is 20.7 Å². The molecule has 0 radical (unpaired) electrons. The van der Waals surface area contributed by atoms with Crippen LogP contribution in [0.1, 0.15) is 26.3 Å². The zero-order chi connectivity index (χ0) is 20.8. The van der Waals surface area contributed by atoms with Crippen molar-refractivity contribution in [1.29, 1.82) is 0 Å². The van der Waals surface area contributed by atoms with Gasteiger partial charge in [-0.1, -0.05) is 19.9 Å². The largest absolute Gasteiger partial charge is 0.453 e. The summed E-state index contributed by atoms with van der Waals surface area (Å²) in [6.45, 7) is 5.41. The molecule has 9 nitrogen and oxygen atoms in total. The van der Waals surface area contributed by atoms with Crippen LogP contribution >= 0.6 is 0 Å². The fourth-order valence-corrected chi connectivity index (χ4v) is 3.12. The number of hydrogen-bond donors (Lipinski definition) is 4. The number of anilines is 1. The second kappa shape index (κ2) is 9.50. The molecule has 0 bridgehead atoms. The van der Waals surface area contributed by atoms with Crippen molar-refractivity contribution in [3.63, 3.8) is 0 Å². The predicted molar refractivity (Wildman–Crippen MR) is 105 cm³/mol. The molecule has 0 spiro atoms. The van der Waals surface area contributed by atoms with E-state index in [1.165, 1.54) is 7.11 Å². The van der Waals surface area contributed by atoms with Crippen molar-refractivity contribution in [1.82, 2.24) is 20.9 Å². The first-order valence-corrected chi connectivity index (χ1v) is 9.34. The van der Waals surface area contributed by atoms with Gasteiger partial charge in [0.15, 0.2) is 5.78 Å². The number of alkyl carbamates (subject to hydrolysis) is 1. The van der Waals surface area contributed by atoms with Crippen LogP contribution in [0.5, 0.6) is 0 Å². The van der Waals surface area contributed by atoms with Crippen molar-refractivity contribution in [3.8, 4) is 0 Å². The quantitative estimate of drug-likeness (QED) is 0.508. The average molecular weight is 391 g/mol. The van der Waals surface area contributed by atoms with E-state index in [1.807, 2.05) is 26.0 Å². The molecule has 2 rings (SSSR count). The van der Waals surface area contributed by atoms with Gasteiger partial charge in [0.25, 0.3) is 0 Å². The molecule has 0 aromatic carbocycles. The Morgan fingerprint density at radius 2 is 1.96 bits per heavy atom. The predicted octanol–water partition coefficient (Wildman–Crippen LogP) is 0.461. The summed E-state index contributed by atoms with van der Waals surface area (Å²) >= 11 is 0. The summed E-state index contributed by atoms with van der Waals surface area (Å²) in [5.74, 6) is -0.0479. The van der Waals surface area contributed by atoms with E-state index in [1.54, 1.807) is 20.2 Å². The fourth-order valence-electron chi connectivity index (χ4n) is 3.12. The van der Waals surface area contributed by atoms with Crippen molar-refractivity contribution in [3.05, 3.63) is 23.9 Å². The number of nitrogens with one attached hydrogen (secondary N) is 4. The zero-order valence-electron chi connectivity index (χ0n) is 16.9. The maximum Gasteiger partial charge on any atom is 0.407 e. The molecular formula is C19H29N5O4. The van der Waals surface area contributed by atoms with Gasteiger partial charge in [-0.25, -0.2) is 9.78 Å². The highest BCUT2D eigenvalue weighted by molar-refractivity contribution is 5.96. The van der Waals surface area contributed by atoms with Crippen molar-refractivity contribution in [2.45, 2.75) is 51.4 Å². The van der Waals surface area contributed by atoms with Gasteiger partial charge in [0.05, 0.1) is 25.2 Å². The number of rotatable bonds is 8. The Bertz CT molecular complexity index is 699. The van der Waals surface area contributed by atoms with Crippen molar-refractivity contribution in [2.75, 3.05) is 19.5 Å². The third kappa shape index (κ3) is 4.98. The summed E-state index contributed by atoms with van der Waals surface area (Å²) in [6.07, 6.45) is 1.48. The number of methoxy groups -OCH3 is 1. The molecule has 4 N–H and O–H groups in total. The van der Waals surface area contributed by atoms with Crippen molar-refractivity contribution >= 4 is 23.6 Å². The Morgan fingerprint density at radius 3 is 2.54 bits per heavy atom. The van der Waals surface area contributed by atoms with E-state index in [9.17, 15) is 14.4 Å². The Hall–Kier alpha value is -2.68. The Labute approximate surface area is 165 Å². The van der Waals surface area contributed by atoms with Crippen LogP contribution in [-0.4, -0.2) is 61.1 Å². The number of pyridine rings is 1. The van der Waals surface area contributed by atoms with Gasteiger partial charge >= 0.3 is 6.09 Å². The number of aromatic nitrogens is 1. The summed E-state index contributed by atoms with van der Waals surface area (Å²) in [4.78, 5) is 41.9. The van der Waals surface area contributed by atoms with Gasteiger partial charge in [0, 0.05) is 6.20 Å². The second-order valence-electron chi connectivity index (χ2n) is 7.22. The molecule has 28 heavy (non-hydrogen) atoms. The number of nitrogens with zero attached hydrogens (tertiary/aromatic N) is 1. The summed E-state index contributed by atoms with van der Waals surface area (Å²) in [5.41, 5.74) is 0.964. The van der Waals surface area contributed by atoms with Gasteiger partial charge in [-0.2, -0.15) is 0 Å². The lowest BCUT2D eigenvalue weighted by atomic mass is 9.90. The van der Waals surface area contributed by atoms with Crippen LogP contribution in [0.2, 0.25) is 0 Å². The molecular weight excluding hydrogens is 362 g/mol. The number of carbonyl (C=O) groups excluding carboxylic acids is 3. The molecule has 0 fully saturated rings. The van der Waals surface area contributed by atoms with E-state index < -0.39 is 30.3 Å². The van der Waals surface area contributed by atoms with Crippen LogP contribution in [0.15, 0.2) is 18.3 Å². The minimum absolute atomic E-state index is 0.163. The van der Waals surface area contributed by atoms with Gasteiger partial charge in [-0.15, -0.1) is 0 Å². The van der Waals surface area contributed by atoms with E-state index in [2.05, 4.69) is 26.3 Å². The van der Waals surface area contributed by atoms with Crippen LogP contribution in [0.4, 0.5) is 10.6 Å². The van der Waals surface area contributed by atoms with Gasteiger partial charge in [-0.05, 0) is 37.9 Å². The third-order valence-electron chi connectivity index (χ3n) is 4.92. The fraction of sp³-hybridized carbons (Fsp3) is 0.579. The number of ether oxygens (including phenoxy) is 1. The number of fused-ring (bicyclic) bond motifs is 1. The molecule has 1 aliphatic rings. The maximum atomic E-state index is 13.4. The number of hydrogen-bond acceptors (Lipinski definition) is 7. The molecule has 2 amide bonds. The Morgan fingerprint density at radius 1 is 1.25 bits per heavy atom. The van der Waals surface area contributed by atoms with Gasteiger partial charge < -0.3 is 26.0 Å². The second-order valence-corrected chi connectivity index (χ2v) is 7.22. The average Bonchev–Trinajstić information content (AvgIpc) is 3.12. The highest BCUT2D eigenvalue weighted by atomic mass is 16.5. The number of likely N-dealkylation sites (N-methyl/N-ethyl adjacent to an activating group) is 1. The van der Waals surface area contributed by atoms with E-state index >= 15 is 0 Å². The molecule has 0 aliphatic carbocycles. The number of carbonyl (C=O) groups is 3. The van der Waals surface area contributed by atoms with Gasteiger partial charge in [-0.3, -0.25) is 9.59 Å². The highest BCUT2D eigenvalue weighted by Crippen LogP contribution is 2.25. The summed E-state index contributed by atoms with van der Waals surface area (Å²) in [6, 6.07) is 1.26. The number of amides is 2. The summed E-state index contributed by atoms with van der Waals surface area (Å²) in [7, 11) is 2.91. The van der Waals surface area contributed by atoms with Gasteiger partial charge in [0.1, 0.15) is 11.9 Å². The first-order valence-electron chi connectivity index (χ1n) is 9.34. The minimum Gasteiger partial charge on any atom is -0.453 e. The topological polar surface area (TPSA) is 121 Å². The van der Waals surface area contributed by atoms with E-state index in [4.69, 9.17) is 4.74 Å². The lowest BCUT2D eigenvalue weighted by Gasteiger charge is -2.30. The van der Waals surface area contributed by atoms with Crippen molar-refractivity contribution in [2.24, 2.45) is 5.92 Å². The van der Waals surface area contributed by atoms with Crippen LogP contribution < -0.4 is 21.3 Å². The molecule has 154 valence electrons. The lowest BCUT2D eigenvalue weighted by Crippen LogP contribution is -2.60. The third-order valence-corrected chi connectivity index (χ3v) is 4.92. The molecule has 9 heteroatoms. The Balaban J connectivity index is 2.24. The van der Waals surface area contributed by atoms with Crippen molar-refractivity contribution < 1.29 is 19.1 Å². The molecule has 0 saturated heterocycles. The molecule has 3 unspecified atom stereocenters. The first kappa shape index (κ1) is 21.6. The minimum atomic E-state index is -0.890. The number of ketones is 1. The summed E-state index contributed by atoms with van der Waals surface area (Å²) < 4.78 is 4.70. The van der Waals surface area contributed by atoms with E-state index in [0.29, 0.717) is 12.2 Å². The normalized spacial score (nSPS) is 18.4. The maximum absolute atomic E-state index is 13.4. The Kier molecular flexibility index (Phi) is 7.33.